The van der Waals surface area contributed by atoms with Crippen LogP contribution in [-0.4, -0.2) is 5.97 Å². The lowest BCUT2D eigenvalue weighted by Crippen LogP contribution is -2.13. The van der Waals surface area contributed by atoms with Gasteiger partial charge in [0.1, 0.15) is 17.1 Å². The molecule has 0 spiro atoms. The minimum Gasteiger partial charge on any atom is -0.426 e. The van der Waals surface area contributed by atoms with Crippen molar-refractivity contribution >= 4 is 16.9 Å². The quantitative estimate of drug-likeness (QED) is 0.418. The number of halogens is 1. The molecule has 1 aromatic heterocycles. The molecule has 0 atom stereocenters. The molecule has 3 rings (SSSR count). The molecule has 1 heterocycles. The van der Waals surface area contributed by atoms with E-state index in [4.69, 9.17) is 9.15 Å². The van der Waals surface area contributed by atoms with Crippen molar-refractivity contribution in [3.8, 4) is 5.75 Å². The second kappa shape index (κ2) is 6.28. The molecule has 0 aliphatic heterocycles. The highest BCUT2D eigenvalue weighted by atomic mass is 19.1. The molecule has 4 nitrogen and oxygen atoms in total. The van der Waals surface area contributed by atoms with Gasteiger partial charge in [0.05, 0.1) is 6.42 Å². The van der Waals surface area contributed by atoms with Crippen molar-refractivity contribution in [2.45, 2.75) is 20.3 Å². The van der Waals surface area contributed by atoms with Crippen molar-refractivity contribution in [2.75, 3.05) is 0 Å². The summed E-state index contributed by atoms with van der Waals surface area (Å²) in [6, 6.07) is 10.8. The predicted octanol–water partition coefficient (Wildman–Crippen LogP) is 3.70. The van der Waals surface area contributed by atoms with Crippen molar-refractivity contribution in [2.24, 2.45) is 0 Å². The molecule has 0 saturated heterocycles. The lowest BCUT2D eigenvalue weighted by Gasteiger charge is -2.10. The third kappa shape index (κ3) is 3.06. The summed E-state index contributed by atoms with van der Waals surface area (Å²) in [7, 11) is 0. The second-order valence-electron chi connectivity index (χ2n) is 5.56. The van der Waals surface area contributed by atoms with Crippen LogP contribution in [0.5, 0.6) is 5.75 Å². The van der Waals surface area contributed by atoms with Crippen molar-refractivity contribution in [1.82, 2.24) is 0 Å². The first-order valence-electron chi connectivity index (χ1n) is 7.44. The Balaban J connectivity index is 1.90. The number of hydrogen-bond donors (Lipinski definition) is 0. The Bertz CT molecular complexity index is 988. The molecule has 2 aromatic carbocycles. The Labute approximate surface area is 137 Å². The number of benzene rings is 2. The fourth-order valence-corrected chi connectivity index (χ4v) is 2.57. The second-order valence-corrected chi connectivity index (χ2v) is 5.56. The highest BCUT2D eigenvalue weighted by Crippen LogP contribution is 2.28. The summed E-state index contributed by atoms with van der Waals surface area (Å²) in [5.41, 5.74) is 1.53. The number of carbonyl (C=O) groups is 1. The molecule has 0 aliphatic rings. The number of ether oxygens (including phenoxy) is 1. The van der Waals surface area contributed by atoms with E-state index < -0.39 is 17.4 Å². The van der Waals surface area contributed by atoms with Crippen molar-refractivity contribution in [1.29, 1.82) is 0 Å². The van der Waals surface area contributed by atoms with Crippen LogP contribution in [0.25, 0.3) is 11.0 Å². The van der Waals surface area contributed by atoms with Crippen LogP contribution in [-0.2, 0) is 11.2 Å². The topological polar surface area (TPSA) is 56.5 Å². The number of aryl methyl sites for hydroxylation is 2. The monoisotopic (exact) mass is 326 g/mol. The van der Waals surface area contributed by atoms with E-state index in [-0.39, 0.29) is 17.7 Å². The van der Waals surface area contributed by atoms with Gasteiger partial charge in [0.2, 0.25) is 0 Å². The average molecular weight is 326 g/mol. The van der Waals surface area contributed by atoms with Crippen molar-refractivity contribution < 1.29 is 18.3 Å². The van der Waals surface area contributed by atoms with E-state index in [0.29, 0.717) is 11.1 Å². The molecule has 122 valence electrons. The SMILES string of the molecule is Cc1cc(=O)oc2c(C)c(OC(=O)Cc3ccccc3F)ccc12. The van der Waals surface area contributed by atoms with Gasteiger partial charge in [0.25, 0.3) is 0 Å². The third-order valence-corrected chi connectivity index (χ3v) is 3.83. The smallest absolute Gasteiger partial charge is 0.336 e. The lowest BCUT2D eigenvalue weighted by molar-refractivity contribution is -0.133. The summed E-state index contributed by atoms with van der Waals surface area (Å²) in [5, 5.41) is 0.779. The summed E-state index contributed by atoms with van der Waals surface area (Å²) in [5.74, 6) is -0.749. The molecular formula is C19H15FO4. The molecule has 0 unspecified atom stereocenters. The molecule has 5 heteroatoms. The fourth-order valence-electron chi connectivity index (χ4n) is 2.57. The number of hydrogen-bond acceptors (Lipinski definition) is 4. The first-order valence-corrected chi connectivity index (χ1v) is 7.44. The number of carbonyl (C=O) groups excluding carboxylic acids is 1. The van der Waals surface area contributed by atoms with Gasteiger partial charge in [-0.3, -0.25) is 4.79 Å². The van der Waals surface area contributed by atoms with Gasteiger partial charge in [0, 0.05) is 17.0 Å². The molecule has 0 aliphatic carbocycles. The maximum absolute atomic E-state index is 13.6. The van der Waals surface area contributed by atoms with Gasteiger partial charge in [-0.05, 0) is 43.2 Å². The van der Waals surface area contributed by atoms with Gasteiger partial charge in [-0.1, -0.05) is 18.2 Å². The Morgan fingerprint density at radius 1 is 1.17 bits per heavy atom. The van der Waals surface area contributed by atoms with Crippen LogP contribution in [0.15, 0.2) is 51.7 Å². The summed E-state index contributed by atoms with van der Waals surface area (Å²) in [6.07, 6.45) is -0.179. The maximum Gasteiger partial charge on any atom is 0.336 e. The number of fused-ring (bicyclic) bond motifs is 1. The normalized spacial score (nSPS) is 10.8. The molecule has 0 bridgehead atoms. The van der Waals surface area contributed by atoms with Gasteiger partial charge >= 0.3 is 11.6 Å². The minimum atomic E-state index is -0.586. The average Bonchev–Trinajstić information content (AvgIpc) is 2.53. The van der Waals surface area contributed by atoms with Crippen molar-refractivity contribution in [3.05, 3.63) is 75.4 Å². The zero-order chi connectivity index (χ0) is 17.3. The zero-order valence-corrected chi connectivity index (χ0v) is 13.3. The van der Waals surface area contributed by atoms with Crippen LogP contribution in [0.1, 0.15) is 16.7 Å². The molecule has 24 heavy (non-hydrogen) atoms. The summed E-state index contributed by atoms with van der Waals surface area (Å²) < 4.78 is 24.2. The van der Waals surface area contributed by atoms with Gasteiger partial charge in [-0.25, -0.2) is 9.18 Å². The van der Waals surface area contributed by atoms with Crippen LogP contribution < -0.4 is 10.4 Å². The Kier molecular flexibility index (Phi) is 4.16. The first-order chi connectivity index (χ1) is 11.5. The molecule has 3 aromatic rings. The molecular weight excluding hydrogens is 311 g/mol. The molecule has 0 fully saturated rings. The lowest BCUT2D eigenvalue weighted by atomic mass is 10.1. The van der Waals surface area contributed by atoms with Crippen LogP contribution in [0.3, 0.4) is 0 Å². The molecule has 0 amide bonds. The van der Waals surface area contributed by atoms with Gasteiger partial charge in [-0.15, -0.1) is 0 Å². The molecule has 0 N–H and O–H groups in total. The summed E-state index contributed by atoms with van der Waals surface area (Å²) >= 11 is 0. The third-order valence-electron chi connectivity index (χ3n) is 3.83. The Morgan fingerprint density at radius 3 is 2.67 bits per heavy atom. The standard InChI is InChI=1S/C19H15FO4/c1-11-9-17(21)24-19-12(2)16(8-7-14(11)19)23-18(22)10-13-5-3-4-6-15(13)20/h3-9H,10H2,1-2H3. The number of rotatable bonds is 3. The van der Waals surface area contributed by atoms with Gasteiger partial charge in [0.15, 0.2) is 0 Å². The summed E-state index contributed by atoms with van der Waals surface area (Å²) in [6.45, 7) is 3.51. The van der Waals surface area contributed by atoms with Gasteiger partial charge in [-0.2, -0.15) is 0 Å². The van der Waals surface area contributed by atoms with E-state index in [0.717, 1.165) is 10.9 Å². The van der Waals surface area contributed by atoms with E-state index in [1.165, 1.54) is 18.2 Å². The largest absolute Gasteiger partial charge is 0.426 e. The highest BCUT2D eigenvalue weighted by Gasteiger charge is 2.14. The number of esters is 1. The van der Waals surface area contributed by atoms with Gasteiger partial charge < -0.3 is 9.15 Å². The highest BCUT2D eigenvalue weighted by molar-refractivity contribution is 5.86. The zero-order valence-electron chi connectivity index (χ0n) is 13.3. The van der Waals surface area contributed by atoms with Crippen LogP contribution in [0.4, 0.5) is 4.39 Å². The fraction of sp³-hybridized carbons (Fsp3) is 0.158. The van der Waals surface area contributed by atoms with E-state index in [9.17, 15) is 14.0 Å². The van der Waals surface area contributed by atoms with Crippen LogP contribution in [0, 0.1) is 19.7 Å². The maximum atomic E-state index is 13.6. The van der Waals surface area contributed by atoms with Crippen LogP contribution in [0.2, 0.25) is 0 Å². The Hall–Kier alpha value is -2.95. The first kappa shape index (κ1) is 15.9. The molecule has 0 saturated carbocycles. The van der Waals surface area contributed by atoms with E-state index in [1.54, 1.807) is 31.2 Å². The summed E-state index contributed by atoms with van der Waals surface area (Å²) in [4.78, 5) is 23.6. The predicted molar refractivity (Wildman–Crippen MR) is 87.7 cm³/mol. The van der Waals surface area contributed by atoms with E-state index >= 15 is 0 Å². The Morgan fingerprint density at radius 2 is 1.92 bits per heavy atom. The minimum absolute atomic E-state index is 0.179. The molecule has 0 radical (unpaired) electrons. The van der Waals surface area contributed by atoms with Crippen LogP contribution >= 0.6 is 0 Å². The van der Waals surface area contributed by atoms with E-state index in [1.807, 2.05) is 6.92 Å². The van der Waals surface area contributed by atoms with E-state index in [2.05, 4.69) is 0 Å². The van der Waals surface area contributed by atoms with Crippen molar-refractivity contribution in [3.63, 3.8) is 0 Å².